The number of esters is 1. The van der Waals surface area contributed by atoms with Crippen LogP contribution >= 0.6 is 38.5 Å². The molecule has 0 spiro atoms. The summed E-state index contributed by atoms with van der Waals surface area (Å²) in [4.78, 5) is 24.4. The smallest absolute Gasteiger partial charge is 0.338 e. The van der Waals surface area contributed by atoms with E-state index >= 15 is 0 Å². The van der Waals surface area contributed by atoms with E-state index in [-0.39, 0.29) is 12.2 Å². The number of halogens is 2. The van der Waals surface area contributed by atoms with Gasteiger partial charge in [-0.15, -0.1) is 0 Å². The highest BCUT2D eigenvalue weighted by atomic mass is 127. The van der Waals surface area contributed by atoms with E-state index in [0.29, 0.717) is 33.6 Å². The minimum absolute atomic E-state index is 0.0601. The lowest BCUT2D eigenvalue weighted by Gasteiger charge is -2.12. The Kier molecular flexibility index (Phi) is 9.24. The Bertz CT molecular complexity index is 1230. The molecule has 34 heavy (non-hydrogen) atoms. The highest BCUT2D eigenvalue weighted by Crippen LogP contribution is 2.33. The van der Waals surface area contributed by atoms with Crippen molar-refractivity contribution in [3.63, 3.8) is 0 Å². The van der Waals surface area contributed by atoms with Crippen LogP contribution in [0.5, 0.6) is 5.75 Å². The van der Waals surface area contributed by atoms with Gasteiger partial charge in [-0.1, -0.05) is 30.3 Å². The third kappa shape index (κ3) is 6.92. The monoisotopic (exact) mass is 630 g/mol. The summed E-state index contributed by atoms with van der Waals surface area (Å²) in [6, 6.07) is 21.7. The summed E-state index contributed by atoms with van der Waals surface area (Å²) in [6.07, 6.45) is 1.51. The number of rotatable bonds is 8. The van der Waals surface area contributed by atoms with Gasteiger partial charge in [-0.25, -0.2) is 4.79 Å². The topological polar surface area (TPSA) is 88.4 Å². The first kappa shape index (κ1) is 25.5. The molecular formula is C26H20BrIN2O4. The average molecular weight is 631 g/mol. The molecule has 0 fully saturated rings. The van der Waals surface area contributed by atoms with Gasteiger partial charge in [-0.3, -0.25) is 4.79 Å². The maximum atomic E-state index is 12.6. The summed E-state index contributed by atoms with van der Waals surface area (Å²) in [5.41, 5.74) is 2.50. The standard InChI is InChI=1S/C26H20BrIN2O4/c1-2-33-26(32)19-8-10-21(11-9-19)30-25(31)20(15-29)12-18-13-22(27)24(23(28)14-18)34-16-17-6-4-3-5-7-17/h3-14H,2,16H2,1H3,(H,30,31)/b20-12+. The second-order valence-electron chi connectivity index (χ2n) is 7.01. The van der Waals surface area contributed by atoms with Crippen LogP contribution in [0.2, 0.25) is 0 Å². The van der Waals surface area contributed by atoms with Crippen LogP contribution in [0.4, 0.5) is 5.69 Å². The van der Waals surface area contributed by atoms with Gasteiger partial charge in [0, 0.05) is 5.69 Å². The molecule has 0 bridgehead atoms. The molecule has 3 aromatic rings. The van der Waals surface area contributed by atoms with Crippen molar-refractivity contribution >= 4 is 62.2 Å². The molecule has 8 heteroatoms. The molecule has 0 unspecified atom stereocenters. The second kappa shape index (κ2) is 12.3. The van der Waals surface area contributed by atoms with Crippen molar-refractivity contribution in [2.24, 2.45) is 0 Å². The molecule has 0 saturated heterocycles. The third-order valence-corrected chi connectivity index (χ3v) is 5.97. The van der Waals surface area contributed by atoms with Gasteiger partial charge < -0.3 is 14.8 Å². The van der Waals surface area contributed by atoms with Gasteiger partial charge >= 0.3 is 5.97 Å². The van der Waals surface area contributed by atoms with Gasteiger partial charge in [0.2, 0.25) is 0 Å². The van der Waals surface area contributed by atoms with E-state index in [0.717, 1.165) is 9.13 Å². The fourth-order valence-corrected chi connectivity index (χ4v) is 4.72. The number of ether oxygens (including phenoxy) is 2. The zero-order chi connectivity index (χ0) is 24.5. The minimum Gasteiger partial charge on any atom is -0.487 e. The van der Waals surface area contributed by atoms with Crippen LogP contribution in [0.25, 0.3) is 6.08 Å². The molecular weight excluding hydrogens is 611 g/mol. The average Bonchev–Trinajstić information content (AvgIpc) is 2.83. The number of nitriles is 1. The predicted octanol–water partition coefficient (Wildman–Crippen LogP) is 6.36. The Hall–Kier alpha value is -3.16. The van der Waals surface area contributed by atoms with Crippen LogP contribution in [0.15, 0.2) is 76.8 Å². The second-order valence-corrected chi connectivity index (χ2v) is 9.03. The van der Waals surface area contributed by atoms with Crippen LogP contribution in [-0.2, 0) is 16.1 Å². The molecule has 0 aliphatic rings. The third-order valence-electron chi connectivity index (χ3n) is 4.58. The number of carbonyl (C=O) groups excluding carboxylic acids is 2. The lowest BCUT2D eigenvalue weighted by molar-refractivity contribution is -0.112. The van der Waals surface area contributed by atoms with E-state index in [1.165, 1.54) is 6.08 Å². The van der Waals surface area contributed by atoms with Crippen LogP contribution < -0.4 is 10.1 Å². The number of benzene rings is 3. The Morgan fingerprint density at radius 3 is 2.44 bits per heavy atom. The molecule has 3 aromatic carbocycles. The highest BCUT2D eigenvalue weighted by molar-refractivity contribution is 14.1. The molecule has 0 saturated carbocycles. The zero-order valence-electron chi connectivity index (χ0n) is 18.2. The maximum Gasteiger partial charge on any atom is 0.338 e. The van der Waals surface area contributed by atoms with E-state index < -0.39 is 11.9 Å². The molecule has 1 amide bonds. The quantitative estimate of drug-likeness (QED) is 0.136. The summed E-state index contributed by atoms with van der Waals surface area (Å²) < 4.78 is 12.5. The van der Waals surface area contributed by atoms with Crippen LogP contribution in [-0.4, -0.2) is 18.5 Å². The van der Waals surface area contributed by atoms with Crippen molar-refractivity contribution in [1.82, 2.24) is 0 Å². The number of amides is 1. The van der Waals surface area contributed by atoms with E-state index in [2.05, 4.69) is 43.8 Å². The number of carbonyl (C=O) groups is 2. The summed E-state index contributed by atoms with van der Waals surface area (Å²) >= 11 is 5.68. The lowest BCUT2D eigenvalue weighted by Crippen LogP contribution is -2.13. The Labute approximate surface area is 219 Å². The highest BCUT2D eigenvalue weighted by Gasteiger charge is 2.13. The van der Waals surface area contributed by atoms with Gasteiger partial charge in [0.1, 0.15) is 24.0 Å². The number of hydrogen-bond acceptors (Lipinski definition) is 5. The molecule has 0 atom stereocenters. The van der Waals surface area contributed by atoms with Crippen LogP contribution in [0.1, 0.15) is 28.4 Å². The Morgan fingerprint density at radius 2 is 1.82 bits per heavy atom. The summed E-state index contributed by atoms with van der Waals surface area (Å²) in [7, 11) is 0. The SMILES string of the molecule is CCOC(=O)c1ccc(NC(=O)/C(C#N)=C/c2cc(Br)c(OCc3ccccc3)c(I)c2)cc1. The van der Waals surface area contributed by atoms with Crippen molar-refractivity contribution in [3.8, 4) is 11.8 Å². The first-order chi connectivity index (χ1) is 16.4. The van der Waals surface area contributed by atoms with Crippen LogP contribution in [0.3, 0.4) is 0 Å². The number of nitrogens with zero attached hydrogens (tertiary/aromatic N) is 1. The Morgan fingerprint density at radius 1 is 1.12 bits per heavy atom. The first-order valence-electron chi connectivity index (χ1n) is 10.3. The fourth-order valence-electron chi connectivity index (χ4n) is 2.95. The van der Waals surface area contributed by atoms with Gasteiger partial charge in [-0.05, 0) is 99.0 Å². The molecule has 0 aliphatic carbocycles. The van der Waals surface area contributed by atoms with Gasteiger partial charge in [0.25, 0.3) is 5.91 Å². The molecule has 0 aliphatic heterocycles. The molecule has 0 radical (unpaired) electrons. The van der Waals surface area contributed by atoms with Gasteiger partial charge in [0.15, 0.2) is 0 Å². The van der Waals surface area contributed by atoms with Crippen molar-refractivity contribution in [2.45, 2.75) is 13.5 Å². The number of anilines is 1. The van der Waals surface area contributed by atoms with E-state index in [9.17, 15) is 14.9 Å². The molecule has 0 heterocycles. The molecule has 6 nitrogen and oxygen atoms in total. The fraction of sp³-hybridized carbons (Fsp3) is 0.115. The molecule has 172 valence electrons. The normalized spacial score (nSPS) is 10.8. The maximum absolute atomic E-state index is 12.6. The van der Waals surface area contributed by atoms with Crippen molar-refractivity contribution in [1.29, 1.82) is 5.26 Å². The Balaban J connectivity index is 1.72. The molecule has 0 aromatic heterocycles. The van der Waals surface area contributed by atoms with E-state index in [1.807, 2.05) is 42.5 Å². The van der Waals surface area contributed by atoms with Crippen molar-refractivity contribution < 1.29 is 19.1 Å². The zero-order valence-corrected chi connectivity index (χ0v) is 21.9. The minimum atomic E-state index is -0.554. The van der Waals surface area contributed by atoms with Gasteiger partial charge in [0.05, 0.1) is 20.2 Å². The summed E-state index contributed by atoms with van der Waals surface area (Å²) in [5, 5.41) is 12.2. The first-order valence-corrected chi connectivity index (χ1v) is 12.1. The largest absolute Gasteiger partial charge is 0.487 e. The van der Waals surface area contributed by atoms with Crippen molar-refractivity contribution in [2.75, 3.05) is 11.9 Å². The number of hydrogen-bond donors (Lipinski definition) is 1. The summed E-state index contributed by atoms with van der Waals surface area (Å²) in [6.45, 7) is 2.43. The van der Waals surface area contributed by atoms with Crippen molar-refractivity contribution in [3.05, 3.63) is 97.0 Å². The molecule has 3 rings (SSSR count). The lowest BCUT2D eigenvalue weighted by atomic mass is 10.1. The van der Waals surface area contributed by atoms with E-state index in [1.54, 1.807) is 37.3 Å². The van der Waals surface area contributed by atoms with E-state index in [4.69, 9.17) is 9.47 Å². The van der Waals surface area contributed by atoms with Crippen LogP contribution in [0, 0.1) is 14.9 Å². The predicted molar refractivity (Wildman–Crippen MR) is 142 cm³/mol. The number of nitrogens with one attached hydrogen (secondary N) is 1. The van der Waals surface area contributed by atoms with Gasteiger partial charge in [-0.2, -0.15) is 5.26 Å². The molecule has 1 N–H and O–H groups in total. The summed E-state index contributed by atoms with van der Waals surface area (Å²) in [5.74, 6) is -0.303.